The Balaban J connectivity index is 2.31. The monoisotopic (exact) mass is 489 g/mol. The fourth-order valence-corrected chi connectivity index (χ4v) is 4.49. The average molecular weight is 490 g/mol. The first kappa shape index (κ1) is 28.8. The zero-order chi connectivity index (χ0) is 26.0. The number of hydrogen-bond acceptors (Lipinski definition) is 6. The molecule has 0 aromatic heterocycles. The third-order valence-corrected chi connectivity index (χ3v) is 6.85. The summed E-state index contributed by atoms with van der Waals surface area (Å²) in [7, 11) is 1.59. The molecule has 1 fully saturated rings. The smallest absolute Gasteiger partial charge is 0.313 e. The van der Waals surface area contributed by atoms with Crippen LogP contribution in [0.15, 0.2) is 30.3 Å². The highest BCUT2D eigenvalue weighted by Gasteiger charge is 2.39. The summed E-state index contributed by atoms with van der Waals surface area (Å²) in [5, 5.41) is 11.1. The Morgan fingerprint density at radius 3 is 2.31 bits per heavy atom. The second kappa shape index (κ2) is 14.2. The molecule has 1 heterocycles. The predicted molar refractivity (Wildman–Crippen MR) is 134 cm³/mol. The summed E-state index contributed by atoms with van der Waals surface area (Å²) in [6.45, 7) is 7.48. The molecule has 0 bridgehead atoms. The summed E-state index contributed by atoms with van der Waals surface area (Å²) in [6, 6.07) is 8.81. The zero-order valence-electron chi connectivity index (χ0n) is 21.9. The van der Waals surface area contributed by atoms with Crippen molar-refractivity contribution in [1.29, 1.82) is 0 Å². The molecule has 2 rings (SSSR count). The highest BCUT2D eigenvalue weighted by Crippen LogP contribution is 2.24. The molecule has 1 saturated heterocycles. The number of nitrogens with zero attached hydrogens (tertiary/aromatic N) is 1. The topological polar surface area (TPSA) is 93.1 Å². The van der Waals surface area contributed by atoms with Gasteiger partial charge in [0.1, 0.15) is 6.10 Å². The number of benzene rings is 1. The van der Waals surface area contributed by atoms with Gasteiger partial charge < -0.3 is 19.5 Å². The van der Waals surface area contributed by atoms with Crippen LogP contribution in [0.3, 0.4) is 0 Å². The van der Waals surface area contributed by atoms with Gasteiger partial charge >= 0.3 is 11.9 Å². The molecule has 1 amide bonds. The molecule has 7 nitrogen and oxygen atoms in total. The Morgan fingerprint density at radius 2 is 1.69 bits per heavy atom. The van der Waals surface area contributed by atoms with Crippen LogP contribution in [0.1, 0.15) is 78.2 Å². The Hall–Kier alpha value is -2.41. The normalized spacial score (nSPS) is 26.7. The van der Waals surface area contributed by atoms with Gasteiger partial charge in [-0.1, -0.05) is 76.8 Å². The molecule has 0 saturated carbocycles. The highest BCUT2D eigenvalue weighted by molar-refractivity contribution is 5.85. The van der Waals surface area contributed by atoms with Gasteiger partial charge in [-0.25, -0.2) is 0 Å². The molecule has 35 heavy (non-hydrogen) atoms. The van der Waals surface area contributed by atoms with E-state index in [0.717, 1.165) is 37.7 Å². The third kappa shape index (κ3) is 8.64. The van der Waals surface area contributed by atoms with Crippen molar-refractivity contribution in [3.8, 4) is 0 Å². The van der Waals surface area contributed by atoms with Crippen molar-refractivity contribution in [3.63, 3.8) is 0 Å². The van der Waals surface area contributed by atoms with Crippen molar-refractivity contribution in [2.45, 2.75) is 103 Å². The maximum atomic E-state index is 13.5. The zero-order valence-corrected chi connectivity index (χ0v) is 21.9. The van der Waals surface area contributed by atoms with Crippen molar-refractivity contribution in [2.24, 2.45) is 11.8 Å². The first-order chi connectivity index (χ1) is 16.6. The van der Waals surface area contributed by atoms with E-state index in [1.165, 1.54) is 4.90 Å². The van der Waals surface area contributed by atoms with E-state index in [1.807, 2.05) is 44.2 Å². The van der Waals surface area contributed by atoms with E-state index in [4.69, 9.17) is 9.47 Å². The molecule has 5 unspecified atom stereocenters. The van der Waals surface area contributed by atoms with Crippen LogP contribution in [0.4, 0.5) is 0 Å². The van der Waals surface area contributed by atoms with Crippen LogP contribution in [0.5, 0.6) is 0 Å². The number of hydrogen-bond donors (Lipinski definition) is 1. The SMILES string of the molecule is CCCCCCCC1OC(=O)CC(O)C(Cc2ccccc2)N(C)C(=O)C(C(C)C)OC(=O)C1C. The van der Waals surface area contributed by atoms with Crippen LogP contribution in [0.2, 0.25) is 0 Å². The molecule has 0 aliphatic carbocycles. The van der Waals surface area contributed by atoms with Crippen LogP contribution >= 0.6 is 0 Å². The summed E-state index contributed by atoms with van der Waals surface area (Å²) in [5.74, 6) is -2.46. The second-order valence-corrected chi connectivity index (χ2v) is 10.1. The summed E-state index contributed by atoms with van der Waals surface area (Å²) < 4.78 is 11.5. The lowest BCUT2D eigenvalue weighted by molar-refractivity contribution is -0.176. The highest BCUT2D eigenvalue weighted by atomic mass is 16.6. The van der Waals surface area contributed by atoms with Crippen molar-refractivity contribution >= 4 is 17.8 Å². The van der Waals surface area contributed by atoms with Gasteiger partial charge in [0.25, 0.3) is 5.91 Å². The predicted octanol–water partition coefficient (Wildman–Crippen LogP) is 4.30. The van der Waals surface area contributed by atoms with E-state index in [2.05, 4.69) is 6.92 Å². The number of carbonyl (C=O) groups excluding carboxylic acids is 3. The van der Waals surface area contributed by atoms with E-state index in [-0.39, 0.29) is 18.2 Å². The van der Waals surface area contributed by atoms with Gasteiger partial charge in [-0.3, -0.25) is 14.4 Å². The van der Waals surface area contributed by atoms with Crippen molar-refractivity contribution in [3.05, 3.63) is 35.9 Å². The third-order valence-electron chi connectivity index (χ3n) is 6.85. The lowest BCUT2D eigenvalue weighted by Gasteiger charge is -2.36. The van der Waals surface area contributed by atoms with Crippen molar-refractivity contribution in [2.75, 3.05) is 7.05 Å². The van der Waals surface area contributed by atoms with E-state index in [0.29, 0.717) is 12.8 Å². The largest absolute Gasteiger partial charge is 0.461 e. The fraction of sp³-hybridized carbons (Fsp3) is 0.679. The molecule has 1 aliphatic rings. The molecular weight excluding hydrogens is 446 g/mol. The summed E-state index contributed by atoms with van der Waals surface area (Å²) >= 11 is 0. The number of cyclic esters (lactones) is 2. The van der Waals surface area contributed by atoms with Gasteiger partial charge in [-0.05, 0) is 37.7 Å². The summed E-state index contributed by atoms with van der Waals surface area (Å²) in [5.41, 5.74) is 0.924. The van der Waals surface area contributed by atoms with Crippen LogP contribution in [-0.4, -0.2) is 59.3 Å². The summed E-state index contributed by atoms with van der Waals surface area (Å²) in [4.78, 5) is 40.8. The van der Waals surface area contributed by atoms with Crippen LogP contribution in [-0.2, 0) is 30.3 Å². The van der Waals surface area contributed by atoms with E-state index in [9.17, 15) is 19.5 Å². The van der Waals surface area contributed by atoms with E-state index >= 15 is 0 Å². The van der Waals surface area contributed by atoms with Crippen LogP contribution < -0.4 is 0 Å². The van der Waals surface area contributed by atoms with E-state index in [1.54, 1.807) is 14.0 Å². The van der Waals surface area contributed by atoms with Crippen molar-refractivity contribution < 1.29 is 29.0 Å². The minimum absolute atomic E-state index is 0.254. The average Bonchev–Trinajstić information content (AvgIpc) is 2.83. The van der Waals surface area contributed by atoms with Gasteiger partial charge in [-0.2, -0.15) is 0 Å². The quantitative estimate of drug-likeness (QED) is 0.411. The maximum Gasteiger partial charge on any atom is 0.313 e. The van der Waals surface area contributed by atoms with Crippen LogP contribution in [0.25, 0.3) is 0 Å². The molecule has 196 valence electrons. The number of aliphatic hydroxyl groups excluding tert-OH is 1. The Labute approximate surface area is 210 Å². The number of carbonyl (C=O) groups is 3. The minimum Gasteiger partial charge on any atom is -0.461 e. The van der Waals surface area contributed by atoms with Gasteiger partial charge in [0, 0.05) is 7.05 Å². The Bertz CT molecular complexity index is 811. The molecule has 7 heteroatoms. The number of amides is 1. The number of ether oxygens (including phenoxy) is 2. The minimum atomic E-state index is -1.12. The molecular formula is C28H43NO6. The molecule has 1 aromatic carbocycles. The van der Waals surface area contributed by atoms with Gasteiger partial charge in [0.15, 0.2) is 6.10 Å². The maximum absolute atomic E-state index is 13.5. The molecule has 5 atom stereocenters. The standard InChI is InChI=1S/C28H43NO6/c1-6-7-8-9-13-16-24-20(4)28(33)35-26(19(2)3)27(32)29(5)22(23(30)18-25(31)34-24)17-21-14-11-10-12-15-21/h10-12,14-15,19-20,22-24,26,30H,6-9,13,16-18H2,1-5H3. The van der Waals surface area contributed by atoms with Gasteiger partial charge in [-0.15, -0.1) is 0 Å². The molecule has 1 N–H and O–H groups in total. The first-order valence-electron chi connectivity index (χ1n) is 13.0. The molecule has 0 spiro atoms. The van der Waals surface area contributed by atoms with E-state index < -0.39 is 42.2 Å². The number of rotatable bonds is 9. The lowest BCUT2D eigenvalue weighted by Crippen LogP contribution is -2.53. The lowest BCUT2D eigenvalue weighted by atomic mass is 9.95. The second-order valence-electron chi connectivity index (χ2n) is 10.1. The Morgan fingerprint density at radius 1 is 1.03 bits per heavy atom. The molecule has 1 aliphatic heterocycles. The fourth-order valence-electron chi connectivity index (χ4n) is 4.49. The Kier molecular flexibility index (Phi) is 11.7. The van der Waals surface area contributed by atoms with Gasteiger partial charge in [0.2, 0.25) is 0 Å². The van der Waals surface area contributed by atoms with Crippen molar-refractivity contribution in [1.82, 2.24) is 4.90 Å². The van der Waals surface area contributed by atoms with Gasteiger partial charge in [0.05, 0.1) is 24.5 Å². The summed E-state index contributed by atoms with van der Waals surface area (Å²) in [6.07, 6.45) is 3.04. The number of esters is 2. The number of unbranched alkanes of at least 4 members (excludes halogenated alkanes) is 4. The first-order valence-corrected chi connectivity index (χ1v) is 13.0. The van der Waals surface area contributed by atoms with Crippen LogP contribution in [0, 0.1) is 11.8 Å². The number of aliphatic hydroxyl groups is 1. The molecule has 1 aromatic rings. The molecule has 0 radical (unpaired) electrons. The number of likely N-dealkylation sites (N-methyl/N-ethyl adjacent to an activating group) is 1.